The summed E-state index contributed by atoms with van der Waals surface area (Å²) in [4.78, 5) is 15.8. The van der Waals surface area contributed by atoms with Crippen molar-refractivity contribution >= 4 is 16.9 Å². The molecule has 2 aromatic rings. The molecule has 0 saturated carbocycles. The predicted octanol–water partition coefficient (Wildman–Crippen LogP) is 2.00. The van der Waals surface area contributed by atoms with Crippen molar-refractivity contribution in [2.24, 2.45) is 5.73 Å². The fraction of sp³-hybridized carbons (Fsp3) is 0.286. The van der Waals surface area contributed by atoms with Gasteiger partial charge in [-0.2, -0.15) is 0 Å². The van der Waals surface area contributed by atoms with E-state index in [4.69, 9.17) is 5.73 Å². The second-order valence-electron chi connectivity index (χ2n) is 4.17. The third-order valence-corrected chi connectivity index (χ3v) is 2.99. The van der Waals surface area contributed by atoms with Crippen molar-refractivity contribution in [3.8, 4) is 0 Å². The van der Waals surface area contributed by atoms with E-state index >= 15 is 0 Å². The number of fused-ring (bicyclic) bond motifs is 1. The summed E-state index contributed by atoms with van der Waals surface area (Å²) in [6.07, 6.45) is 1.42. The zero-order chi connectivity index (χ0) is 13.1. The Labute approximate surface area is 105 Å². The molecule has 0 aliphatic rings. The van der Waals surface area contributed by atoms with E-state index in [1.165, 1.54) is 0 Å². The lowest BCUT2D eigenvalue weighted by Gasteiger charge is -2.09. The molecule has 0 fully saturated rings. The zero-order valence-corrected chi connectivity index (χ0v) is 10.3. The topological polar surface area (TPSA) is 76.2 Å². The number of hydrogen-bond acceptors (Lipinski definition) is 3. The van der Waals surface area contributed by atoms with E-state index in [2.05, 4.69) is 4.98 Å². The summed E-state index contributed by atoms with van der Waals surface area (Å²) >= 11 is 0. The summed E-state index contributed by atoms with van der Waals surface area (Å²) < 4.78 is 0. The molecule has 4 heteroatoms. The molecule has 0 saturated heterocycles. The normalized spacial score (nSPS) is 10.8. The molecule has 94 valence electrons. The average molecular weight is 244 g/mol. The van der Waals surface area contributed by atoms with Gasteiger partial charge in [0.05, 0.1) is 11.1 Å². The number of carboxylic acid groups (broad SMARTS) is 1. The lowest BCUT2D eigenvalue weighted by atomic mass is 10.0. The van der Waals surface area contributed by atoms with Gasteiger partial charge in [-0.25, -0.2) is 4.79 Å². The van der Waals surface area contributed by atoms with Crippen LogP contribution >= 0.6 is 0 Å². The first-order chi connectivity index (χ1) is 8.67. The molecule has 0 aliphatic carbocycles. The Bertz CT molecular complexity index is 594. The summed E-state index contributed by atoms with van der Waals surface area (Å²) in [6, 6.07) is 7.28. The van der Waals surface area contributed by atoms with Gasteiger partial charge in [-0.3, -0.25) is 4.98 Å². The van der Waals surface area contributed by atoms with Crippen molar-refractivity contribution in [1.82, 2.24) is 4.98 Å². The average Bonchev–Trinajstić information content (AvgIpc) is 2.37. The van der Waals surface area contributed by atoms with Crippen molar-refractivity contribution in [2.75, 3.05) is 6.54 Å². The van der Waals surface area contributed by atoms with E-state index < -0.39 is 5.97 Å². The second kappa shape index (κ2) is 5.14. The molecule has 18 heavy (non-hydrogen) atoms. The van der Waals surface area contributed by atoms with Gasteiger partial charge in [-0.05, 0) is 24.6 Å². The van der Waals surface area contributed by atoms with Gasteiger partial charge in [0.1, 0.15) is 0 Å². The van der Waals surface area contributed by atoms with Crippen molar-refractivity contribution < 1.29 is 9.90 Å². The van der Waals surface area contributed by atoms with E-state index in [1.807, 2.05) is 19.1 Å². The van der Waals surface area contributed by atoms with Crippen LogP contribution in [0.15, 0.2) is 24.3 Å². The van der Waals surface area contributed by atoms with Gasteiger partial charge in [0.2, 0.25) is 0 Å². The highest BCUT2D eigenvalue weighted by Gasteiger charge is 2.13. The number of aromatic nitrogens is 1. The second-order valence-corrected chi connectivity index (χ2v) is 4.17. The van der Waals surface area contributed by atoms with E-state index in [9.17, 15) is 9.90 Å². The van der Waals surface area contributed by atoms with Gasteiger partial charge in [-0.15, -0.1) is 0 Å². The highest BCUT2D eigenvalue weighted by atomic mass is 16.4. The van der Waals surface area contributed by atoms with Crippen molar-refractivity contribution in [1.29, 1.82) is 0 Å². The van der Waals surface area contributed by atoms with Gasteiger partial charge < -0.3 is 10.8 Å². The van der Waals surface area contributed by atoms with Gasteiger partial charge in [0.25, 0.3) is 0 Å². The van der Waals surface area contributed by atoms with E-state index in [0.717, 1.165) is 23.2 Å². The fourth-order valence-corrected chi connectivity index (χ4v) is 2.10. The molecule has 1 aromatic carbocycles. The largest absolute Gasteiger partial charge is 0.478 e. The molecule has 1 aromatic heterocycles. The summed E-state index contributed by atoms with van der Waals surface area (Å²) in [6.45, 7) is 2.50. The summed E-state index contributed by atoms with van der Waals surface area (Å²) in [5, 5.41) is 9.98. The monoisotopic (exact) mass is 244 g/mol. The SMILES string of the molecule is CCc1cccc2c(C(=O)O)cc(CCN)nc12. The lowest BCUT2D eigenvalue weighted by molar-refractivity contribution is 0.0699. The Morgan fingerprint density at radius 3 is 2.83 bits per heavy atom. The molecule has 0 unspecified atom stereocenters. The first-order valence-electron chi connectivity index (χ1n) is 6.02. The molecule has 4 nitrogen and oxygen atoms in total. The number of para-hydroxylation sites is 1. The molecule has 0 bridgehead atoms. The van der Waals surface area contributed by atoms with Crippen LogP contribution in [-0.2, 0) is 12.8 Å². The molecule has 0 atom stereocenters. The molecule has 0 aliphatic heterocycles. The Kier molecular flexibility index (Phi) is 3.58. The Morgan fingerprint density at radius 1 is 1.44 bits per heavy atom. The van der Waals surface area contributed by atoms with E-state index in [1.54, 1.807) is 12.1 Å². The number of aryl methyl sites for hydroxylation is 1. The summed E-state index contributed by atoms with van der Waals surface area (Å²) in [7, 11) is 0. The highest BCUT2D eigenvalue weighted by molar-refractivity contribution is 6.03. The standard InChI is InChI=1S/C14H16N2O2/c1-2-9-4-3-5-11-12(14(17)18)8-10(6-7-15)16-13(9)11/h3-5,8H,2,6-7,15H2,1H3,(H,17,18). The molecule has 1 heterocycles. The smallest absolute Gasteiger partial charge is 0.336 e. The number of nitrogens with zero attached hydrogens (tertiary/aromatic N) is 1. The Balaban J connectivity index is 2.76. The van der Waals surface area contributed by atoms with Crippen LogP contribution in [-0.4, -0.2) is 22.6 Å². The predicted molar refractivity (Wildman–Crippen MR) is 70.8 cm³/mol. The first kappa shape index (κ1) is 12.5. The summed E-state index contributed by atoms with van der Waals surface area (Å²) in [5.74, 6) is -0.922. The maximum Gasteiger partial charge on any atom is 0.336 e. The zero-order valence-electron chi connectivity index (χ0n) is 10.3. The van der Waals surface area contributed by atoms with Crippen LogP contribution in [0.25, 0.3) is 10.9 Å². The van der Waals surface area contributed by atoms with Crippen LogP contribution in [0.2, 0.25) is 0 Å². The van der Waals surface area contributed by atoms with Crippen LogP contribution in [0.5, 0.6) is 0 Å². The van der Waals surface area contributed by atoms with Gasteiger partial charge in [0.15, 0.2) is 0 Å². The number of carbonyl (C=O) groups is 1. The minimum absolute atomic E-state index is 0.304. The quantitative estimate of drug-likeness (QED) is 0.862. The number of benzene rings is 1. The van der Waals surface area contributed by atoms with Gasteiger partial charge >= 0.3 is 5.97 Å². The molecule has 2 rings (SSSR count). The third-order valence-electron chi connectivity index (χ3n) is 2.99. The van der Waals surface area contributed by atoms with Crippen molar-refractivity contribution in [3.05, 3.63) is 41.1 Å². The lowest BCUT2D eigenvalue weighted by Crippen LogP contribution is -2.08. The van der Waals surface area contributed by atoms with E-state index in [0.29, 0.717) is 23.9 Å². The maximum absolute atomic E-state index is 11.3. The van der Waals surface area contributed by atoms with Crippen LogP contribution in [0, 0.1) is 0 Å². The highest BCUT2D eigenvalue weighted by Crippen LogP contribution is 2.22. The number of nitrogens with two attached hydrogens (primary N) is 1. The molecule has 3 N–H and O–H groups in total. The minimum Gasteiger partial charge on any atom is -0.478 e. The van der Waals surface area contributed by atoms with Gasteiger partial charge in [-0.1, -0.05) is 25.1 Å². The number of hydrogen-bond donors (Lipinski definition) is 2. The Hall–Kier alpha value is -1.94. The fourth-order valence-electron chi connectivity index (χ4n) is 2.10. The van der Waals surface area contributed by atoms with Crippen molar-refractivity contribution in [3.63, 3.8) is 0 Å². The maximum atomic E-state index is 11.3. The van der Waals surface area contributed by atoms with Crippen LogP contribution in [0.3, 0.4) is 0 Å². The molecular formula is C14H16N2O2. The van der Waals surface area contributed by atoms with Crippen LogP contribution in [0.4, 0.5) is 0 Å². The number of pyridine rings is 1. The third kappa shape index (κ3) is 2.19. The molecule has 0 spiro atoms. The van der Waals surface area contributed by atoms with Crippen LogP contribution in [0.1, 0.15) is 28.5 Å². The molecular weight excluding hydrogens is 228 g/mol. The van der Waals surface area contributed by atoms with Crippen LogP contribution < -0.4 is 5.73 Å². The number of rotatable bonds is 4. The first-order valence-corrected chi connectivity index (χ1v) is 6.02. The molecule has 0 amide bonds. The van der Waals surface area contributed by atoms with Gasteiger partial charge in [0, 0.05) is 17.5 Å². The minimum atomic E-state index is -0.922. The number of aromatic carboxylic acids is 1. The number of carboxylic acids is 1. The van der Waals surface area contributed by atoms with E-state index in [-0.39, 0.29) is 0 Å². The summed E-state index contributed by atoms with van der Waals surface area (Å²) in [5.41, 5.74) is 8.40. The van der Waals surface area contributed by atoms with Crippen molar-refractivity contribution in [2.45, 2.75) is 19.8 Å². The molecule has 0 radical (unpaired) electrons. The Morgan fingerprint density at radius 2 is 2.22 bits per heavy atom.